The molecule has 0 aliphatic rings. The van der Waals surface area contributed by atoms with Crippen molar-refractivity contribution in [3.05, 3.63) is 57.8 Å². The van der Waals surface area contributed by atoms with Gasteiger partial charge in [-0.3, -0.25) is 0 Å². The summed E-state index contributed by atoms with van der Waals surface area (Å²) in [6.07, 6.45) is 0. The summed E-state index contributed by atoms with van der Waals surface area (Å²) in [5, 5.41) is 9.17. The summed E-state index contributed by atoms with van der Waals surface area (Å²) in [5.74, 6) is 0. The van der Waals surface area contributed by atoms with Gasteiger partial charge in [0, 0.05) is 11.4 Å². The van der Waals surface area contributed by atoms with E-state index in [0.717, 1.165) is 13.1 Å². The molecule has 0 aliphatic carbocycles. The van der Waals surface area contributed by atoms with E-state index in [1.807, 2.05) is 6.07 Å². The van der Waals surface area contributed by atoms with Crippen LogP contribution in [0.2, 0.25) is 0 Å². The van der Waals surface area contributed by atoms with Gasteiger partial charge in [0.15, 0.2) is 5.11 Å². The zero-order valence-corrected chi connectivity index (χ0v) is 11.9. The van der Waals surface area contributed by atoms with Crippen molar-refractivity contribution < 1.29 is 0 Å². The Morgan fingerprint density at radius 1 is 1.11 bits per heavy atom. The molecule has 18 heavy (non-hydrogen) atoms. The molecule has 94 valence electrons. The van der Waals surface area contributed by atoms with Crippen molar-refractivity contribution in [1.29, 1.82) is 0 Å². The normalized spacial score (nSPS) is 10.1. The predicted molar refractivity (Wildman–Crippen MR) is 81.8 cm³/mol. The van der Waals surface area contributed by atoms with Crippen molar-refractivity contribution in [2.75, 3.05) is 0 Å². The molecule has 0 amide bonds. The molecular formula is C14H16N2S2. The molecule has 1 heterocycles. The van der Waals surface area contributed by atoms with Crippen LogP contribution in [0.1, 0.15) is 16.0 Å². The SMILES string of the molecule is Cc1ccc(CNC(=S)NCc2cccs2)cc1. The average molecular weight is 276 g/mol. The van der Waals surface area contributed by atoms with Gasteiger partial charge >= 0.3 is 0 Å². The van der Waals surface area contributed by atoms with Gasteiger partial charge in [-0.25, -0.2) is 0 Å². The maximum atomic E-state index is 5.23. The molecule has 0 saturated heterocycles. The van der Waals surface area contributed by atoms with E-state index in [0.29, 0.717) is 5.11 Å². The van der Waals surface area contributed by atoms with E-state index in [-0.39, 0.29) is 0 Å². The summed E-state index contributed by atoms with van der Waals surface area (Å²) in [5.41, 5.74) is 2.51. The Morgan fingerprint density at radius 2 is 1.83 bits per heavy atom. The zero-order chi connectivity index (χ0) is 12.8. The Hall–Kier alpha value is -1.39. The number of thiocarbonyl (C=S) groups is 1. The molecule has 0 saturated carbocycles. The second kappa shape index (κ2) is 6.52. The van der Waals surface area contributed by atoms with Gasteiger partial charge in [0.25, 0.3) is 0 Å². The Bertz CT molecular complexity index is 489. The molecule has 0 bridgehead atoms. The Kier molecular flexibility index (Phi) is 4.73. The molecule has 0 spiro atoms. The maximum Gasteiger partial charge on any atom is 0.166 e. The molecular weight excluding hydrogens is 260 g/mol. The Balaban J connectivity index is 1.73. The molecule has 0 aliphatic heterocycles. The summed E-state index contributed by atoms with van der Waals surface area (Å²) in [6, 6.07) is 12.6. The van der Waals surface area contributed by atoms with Gasteiger partial charge in [-0.05, 0) is 36.2 Å². The first kappa shape index (κ1) is 13.1. The highest BCUT2D eigenvalue weighted by Crippen LogP contribution is 2.07. The van der Waals surface area contributed by atoms with E-state index in [1.165, 1.54) is 16.0 Å². The average Bonchev–Trinajstić information content (AvgIpc) is 2.89. The smallest absolute Gasteiger partial charge is 0.166 e. The quantitative estimate of drug-likeness (QED) is 0.839. The molecule has 0 unspecified atom stereocenters. The van der Waals surface area contributed by atoms with E-state index in [1.54, 1.807) is 11.3 Å². The van der Waals surface area contributed by atoms with Crippen LogP contribution in [-0.4, -0.2) is 5.11 Å². The highest BCUT2D eigenvalue weighted by molar-refractivity contribution is 7.80. The van der Waals surface area contributed by atoms with Gasteiger partial charge in [0.2, 0.25) is 0 Å². The van der Waals surface area contributed by atoms with Gasteiger partial charge in [-0.15, -0.1) is 11.3 Å². The van der Waals surface area contributed by atoms with Gasteiger partial charge in [-0.1, -0.05) is 35.9 Å². The van der Waals surface area contributed by atoms with Crippen LogP contribution in [0.15, 0.2) is 41.8 Å². The fraction of sp³-hybridized carbons (Fsp3) is 0.214. The molecule has 2 nitrogen and oxygen atoms in total. The standard InChI is InChI=1S/C14H16N2S2/c1-11-4-6-12(7-5-11)9-15-14(17)16-10-13-3-2-8-18-13/h2-8H,9-10H2,1H3,(H2,15,16,17). The maximum absolute atomic E-state index is 5.23. The minimum atomic E-state index is 0.698. The lowest BCUT2D eigenvalue weighted by Crippen LogP contribution is -2.34. The lowest BCUT2D eigenvalue weighted by molar-refractivity contribution is 0.840. The molecule has 0 radical (unpaired) electrons. The molecule has 0 atom stereocenters. The van der Waals surface area contributed by atoms with Crippen LogP contribution in [0.3, 0.4) is 0 Å². The van der Waals surface area contributed by atoms with Crippen molar-refractivity contribution in [3.63, 3.8) is 0 Å². The van der Waals surface area contributed by atoms with Gasteiger partial charge < -0.3 is 10.6 Å². The summed E-state index contributed by atoms with van der Waals surface area (Å²) in [6.45, 7) is 3.64. The van der Waals surface area contributed by atoms with E-state index in [9.17, 15) is 0 Å². The second-order valence-electron chi connectivity index (χ2n) is 4.10. The largest absolute Gasteiger partial charge is 0.359 e. The summed E-state index contributed by atoms with van der Waals surface area (Å²) >= 11 is 6.97. The first-order valence-corrected chi connectivity index (χ1v) is 7.12. The number of nitrogens with one attached hydrogen (secondary N) is 2. The molecule has 2 rings (SSSR count). The summed E-state index contributed by atoms with van der Waals surface area (Å²) in [7, 11) is 0. The van der Waals surface area contributed by atoms with Crippen molar-refractivity contribution in [1.82, 2.24) is 10.6 Å². The number of hydrogen-bond donors (Lipinski definition) is 2. The third kappa shape index (κ3) is 4.13. The predicted octanol–water partition coefficient (Wildman–Crippen LogP) is 3.22. The van der Waals surface area contributed by atoms with Crippen molar-refractivity contribution >= 4 is 28.7 Å². The minimum Gasteiger partial charge on any atom is -0.359 e. The van der Waals surface area contributed by atoms with E-state index < -0.39 is 0 Å². The summed E-state index contributed by atoms with van der Waals surface area (Å²) in [4.78, 5) is 1.29. The highest BCUT2D eigenvalue weighted by atomic mass is 32.1. The monoisotopic (exact) mass is 276 g/mol. The van der Waals surface area contributed by atoms with Crippen LogP contribution >= 0.6 is 23.6 Å². The Labute approximate surface area is 117 Å². The number of hydrogen-bond acceptors (Lipinski definition) is 2. The second-order valence-corrected chi connectivity index (χ2v) is 5.54. The van der Waals surface area contributed by atoms with Crippen LogP contribution in [0.25, 0.3) is 0 Å². The van der Waals surface area contributed by atoms with Crippen LogP contribution in [0, 0.1) is 6.92 Å². The molecule has 1 aromatic heterocycles. The molecule has 2 N–H and O–H groups in total. The third-order valence-corrected chi connectivity index (χ3v) is 3.74. The fourth-order valence-corrected chi connectivity index (χ4v) is 2.32. The van der Waals surface area contributed by atoms with Crippen molar-refractivity contribution in [2.45, 2.75) is 20.0 Å². The first-order chi connectivity index (χ1) is 8.74. The van der Waals surface area contributed by atoms with Crippen LogP contribution in [0.4, 0.5) is 0 Å². The topological polar surface area (TPSA) is 24.1 Å². The minimum absolute atomic E-state index is 0.698. The zero-order valence-electron chi connectivity index (χ0n) is 10.3. The summed E-state index contributed by atoms with van der Waals surface area (Å²) < 4.78 is 0. The van der Waals surface area contributed by atoms with Gasteiger partial charge in [0.1, 0.15) is 0 Å². The van der Waals surface area contributed by atoms with Crippen LogP contribution < -0.4 is 10.6 Å². The number of benzene rings is 1. The van der Waals surface area contributed by atoms with Crippen LogP contribution in [0.5, 0.6) is 0 Å². The van der Waals surface area contributed by atoms with Gasteiger partial charge in [0.05, 0.1) is 6.54 Å². The molecule has 0 fully saturated rings. The fourth-order valence-electron chi connectivity index (χ4n) is 1.53. The molecule has 2 aromatic rings. The van der Waals surface area contributed by atoms with E-state index in [4.69, 9.17) is 12.2 Å². The van der Waals surface area contributed by atoms with Crippen molar-refractivity contribution in [3.8, 4) is 0 Å². The molecule has 1 aromatic carbocycles. The van der Waals surface area contributed by atoms with Crippen LogP contribution in [-0.2, 0) is 13.1 Å². The van der Waals surface area contributed by atoms with E-state index >= 15 is 0 Å². The number of aryl methyl sites for hydroxylation is 1. The molecule has 4 heteroatoms. The number of thiophene rings is 1. The Morgan fingerprint density at radius 3 is 2.50 bits per heavy atom. The lowest BCUT2D eigenvalue weighted by Gasteiger charge is -2.09. The lowest BCUT2D eigenvalue weighted by atomic mass is 10.1. The highest BCUT2D eigenvalue weighted by Gasteiger charge is 1.98. The van der Waals surface area contributed by atoms with Gasteiger partial charge in [-0.2, -0.15) is 0 Å². The van der Waals surface area contributed by atoms with E-state index in [2.05, 4.69) is 53.3 Å². The first-order valence-electron chi connectivity index (χ1n) is 5.83. The van der Waals surface area contributed by atoms with Crippen molar-refractivity contribution in [2.24, 2.45) is 0 Å². The third-order valence-electron chi connectivity index (χ3n) is 2.58. The number of rotatable bonds is 4.